The van der Waals surface area contributed by atoms with E-state index in [0.717, 1.165) is 20.8 Å². The van der Waals surface area contributed by atoms with E-state index in [2.05, 4.69) is 22.5 Å². The lowest BCUT2D eigenvalue weighted by molar-refractivity contribution is -0.153. The molecule has 0 aliphatic heterocycles. The van der Waals surface area contributed by atoms with Gasteiger partial charge in [-0.25, -0.2) is 4.79 Å². The molecule has 0 N–H and O–H groups in total. The van der Waals surface area contributed by atoms with E-state index in [9.17, 15) is 9.59 Å². The largest absolute Gasteiger partial charge is 0.481 e. The summed E-state index contributed by atoms with van der Waals surface area (Å²) in [6, 6.07) is 11.5. The first kappa shape index (κ1) is 20.0. The molecule has 0 bridgehead atoms. The highest BCUT2D eigenvalue weighted by Gasteiger charge is 2.15. The fourth-order valence-corrected chi connectivity index (χ4v) is 3.05. The standard InChI is InChI=1S/C20H22BrNO4/c1-4-22(11-14(2)3)18(23)12-26-19(24)13-25-17-10-9-15-7-5-6-8-16(15)20(17)21/h5-10H,2,4,11-13H2,1,3H3. The van der Waals surface area contributed by atoms with Gasteiger partial charge >= 0.3 is 5.97 Å². The van der Waals surface area contributed by atoms with Gasteiger partial charge in [0.25, 0.3) is 5.91 Å². The van der Waals surface area contributed by atoms with Gasteiger partial charge in [0.15, 0.2) is 13.2 Å². The molecule has 5 nitrogen and oxygen atoms in total. The fraction of sp³-hybridized carbons (Fsp3) is 0.300. The van der Waals surface area contributed by atoms with Gasteiger partial charge < -0.3 is 14.4 Å². The molecular weight excluding hydrogens is 398 g/mol. The summed E-state index contributed by atoms with van der Waals surface area (Å²) in [5.74, 6) is -0.301. The number of likely N-dealkylation sites (N-methyl/N-ethyl adjacent to an activating group) is 1. The number of fused-ring (bicyclic) bond motifs is 1. The van der Waals surface area contributed by atoms with Gasteiger partial charge in [-0.3, -0.25) is 4.79 Å². The Morgan fingerprint density at radius 1 is 1.15 bits per heavy atom. The maximum absolute atomic E-state index is 12.0. The summed E-state index contributed by atoms with van der Waals surface area (Å²) in [5, 5.41) is 2.06. The van der Waals surface area contributed by atoms with E-state index in [-0.39, 0.29) is 19.1 Å². The zero-order valence-electron chi connectivity index (χ0n) is 15.0. The molecule has 0 unspecified atom stereocenters. The average Bonchev–Trinajstić information content (AvgIpc) is 2.63. The minimum absolute atomic E-state index is 0.254. The molecule has 26 heavy (non-hydrogen) atoms. The Morgan fingerprint density at radius 3 is 2.58 bits per heavy atom. The minimum Gasteiger partial charge on any atom is -0.481 e. The van der Waals surface area contributed by atoms with Crippen molar-refractivity contribution in [3.05, 3.63) is 53.0 Å². The summed E-state index contributed by atoms with van der Waals surface area (Å²) in [7, 11) is 0. The highest BCUT2D eigenvalue weighted by Crippen LogP contribution is 2.32. The van der Waals surface area contributed by atoms with Crippen LogP contribution in [-0.4, -0.2) is 43.1 Å². The van der Waals surface area contributed by atoms with Gasteiger partial charge in [0.1, 0.15) is 5.75 Å². The first-order chi connectivity index (χ1) is 12.4. The molecule has 2 aromatic rings. The van der Waals surface area contributed by atoms with Gasteiger partial charge in [0, 0.05) is 13.1 Å². The molecule has 0 atom stereocenters. The Kier molecular flexibility index (Phi) is 7.21. The Morgan fingerprint density at radius 2 is 1.88 bits per heavy atom. The van der Waals surface area contributed by atoms with E-state index in [1.54, 1.807) is 11.0 Å². The Hall–Kier alpha value is -2.34. The minimum atomic E-state index is -0.593. The number of hydrogen-bond donors (Lipinski definition) is 0. The molecule has 0 fully saturated rings. The van der Waals surface area contributed by atoms with Gasteiger partial charge in [-0.1, -0.05) is 42.5 Å². The number of benzene rings is 2. The quantitative estimate of drug-likeness (QED) is 0.480. The number of carbonyl (C=O) groups is 2. The molecule has 0 aromatic heterocycles. The van der Waals surface area contributed by atoms with Crippen LogP contribution >= 0.6 is 15.9 Å². The maximum Gasteiger partial charge on any atom is 0.344 e. The number of ether oxygens (including phenoxy) is 2. The summed E-state index contributed by atoms with van der Waals surface area (Å²) in [6.07, 6.45) is 0. The molecule has 0 saturated carbocycles. The zero-order valence-corrected chi connectivity index (χ0v) is 16.5. The molecule has 0 saturated heterocycles. The number of rotatable bonds is 8. The molecule has 0 heterocycles. The third kappa shape index (κ3) is 5.33. The van der Waals surface area contributed by atoms with E-state index in [0.29, 0.717) is 18.8 Å². The normalized spacial score (nSPS) is 10.4. The van der Waals surface area contributed by atoms with Crippen LogP contribution in [0.5, 0.6) is 5.75 Å². The van der Waals surface area contributed by atoms with Crippen molar-refractivity contribution in [1.82, 2.24) is 4.90 Å². The molecule has 2 aromatic carbocycles. The van der Waals surface area contributed by atoms with Crippen molar-refractivity contribution >= 4 is 38.6 Å². The maximum atomic E-state index is 12.0. The van der Waals surface area contributed by atoms with Crippen LogP contribution in [0.3, 0.4) is 0 Å². The molecular formula is C20H22BrNO4. The first-order valence-electron chi connectivity index (χ1n) is 8.30. The molecule has 138 valence electrons. The summed E-state index contributed by atoms with van der Waals surface area (Å²) in [5.41, 5.74) is 0.871. The van der Waals surface area contributed by atoms with Crippen LogP contribution in [0.2, 0.25) is 0 Å². The average molecular weight is 420 g/mol. The monoisotopic (exact) mass is 419 g/mol. The highest BCUT2D eigenvalue weighted by molar-refractivity contribution is 9.10. The van der Waals surface area contributed by atoms with Crippen molar-refractivity contribution in [3.8, 4) is 5.75 Å². The molecule has 0 aliphatic rings. The second-order valence-electron chi connectivity index (χ2n) is 5.91. The van der Waals surface area contributed by atoms with Crippen LogP contribution in [0.4, 0.5) is 0 Å². The van der Waals surface area contributed by atoms with Crippen LogP contribution in [0.25, 0.3) is 10.8 Å². The predicted octanol–water partition coefficient (Wildman–Crippen LogP) is 3.95. The van der Waals surface area contributed by atoms with Gasteiger partial charge in [-0.05, 0) is 46.6 Å². The van der Waals surface area contributed by atoms with Crippen LogP contribution in [0, 0.1) is 0 Å². The van der Waals surface area contributed by atoms with E-state index >= 15 is 0 Å². The highest BCUT2D eigenvalue weighted by atomic mass is 79.9. The molecule has 1 amide bonds. The molecule has 0 aliphatic carbocycles. The lowest BCUT2D eigenvalue weighted by Crippen LogP contribution is -2.36. The lowest BCUT2D eigenvalue weighted by Gasteiger charge is -2.20. The Bertz CT molecular complexity index is 819. The number of hydrogen-bond acceptors (Lipinski definition) is 4. The second kappa shape index (κ2) is 9.38. The fourth-order valence-electron chi connectivity index (χ4n) is 2.44. The van der Waals surface area contributed by atoms with Gasteiger partial charge in [-0.2, -0.15) is 0 Å². The van der Waals surface area contributed by atoms with Crippen LogP contribution < -0.4 is 4.74 Å². The van der Waals surface area contributed by atoms with Gasteiger partial charge in [0.05, 0.1) is 4.47 Å². The molecule has 0 spiro atoms. The number of halogens is 1. The van der Waals surface area contributed by atoms with E-state index in [1.807, 2.05) is 44.2 Å². The smallest absolute Gasteiger partial charge is 0.344 e. The second-order valence-corrected chi connectivity index (χ2v) is 6.71. The first-order valence-corrected chi connectivity index (χ1v) is 9.09. The van der Waals surface area contributed by atoms with Crippen molar-refractivity contribution in [2.75, 3.05) is 26.3 Å². The van der Waals surface area contributed by atoms with E-state index in [4.69, 9.17) is 9.47 Å². The Labute approximate surface area is 161 Å². The van der Waals surface area contributed by atoms with Crippen LogP contribution in [0.1, 0.15) is 13.8 Å². The van der Waals surface area contributed by atoms with Crippen molar-refractivity contribution in [2.24, 2.45) is 0 Å². The number of carbonyl (C=O) groups excluding carboxylic acids is 2. The van der Waals surface area contributed by atoms with Crippen molar-refractivity contribution in [3.63, 3.8) is 0 Å². The summed E-state index contributed by atoms with van der Waals surface area (Å²) in [6.45, 7) is 7.91. The SMILES string of the molecule is C=C(C)CN(CC)C(=O)COC(=O)COc1ccc2ccccc2c1Br. The number of esters is 1. The summed E-state index contributed by atoms with van der Waals surface area (Å²) >= 11 is 3.50. The third-order valence-electron chi connectivity index (χ3n) is 3.73. The zero-order chi connectivity index (χ0) is 19.1. The third-order valence-corrected chi connectivity index (χ3v) is 4.54. The Balaban J connectivity index is 1.88. The summed E-state index contributed by atoms with van der Waals surface area (Å²) < 4.78 is 11.3. The van der Waals surface area contributed by atoms with Gasteiger partial charge in [-0.15, -0.1) is 0 Å². The molecule has 0 radical (unpaired) electrons. The van der Waals surface area contributed by atoms with E-state index in [1.165, 1.54) is 0 Å². The van der Waals surface area contributed by atoms with Crippen molar-refractivity contribution < 1.29 is 19.1 Å². The molecule has 6 heteroatoms. The molecule has 2 rings (SSSR count). The lowest BCUT2D eigenvalue weighted by atomic mass is 10.1. The van der Waals surface area contributed by atoms with Gasteiger partial charge in [0.2, 0.25) is 0 Å². The number of nitrogens with zero attached hydrogens (tertiary/aromatic N) is 1. The van der Waals surface area contributed by atoms with Crippen molar-refractivity contribution in [2.45, 2.75) is 13.8 Å². The number of amides is 1. The van der Waals surface area contributed by atoms with Crippen molar-refractivity contribution in [1.29, 1.82) is 0 Å². The predicted molar refractivity (Wildman–Crippen MR) is 105 cm³/mol. The summed E-state index contributed by atoms with van der Waals surface area (Å²) in [4.78, 5) is 25.5. The van der Waals surface area contributed by atoms with E-state index < -0.39 is 5.97 Å². The van der Waals surface area contributed by atoms with Crippen LogP contribution in [0.15, 0.2) is 53.0 Å². The van der Waals surface area contributed by atoms with Crippen LogP contribution in [-0.2, 0) is 14.3 Å². The topological polar surface area (TPSA) is 55.8 Å².